The second-order valence-electron chi connectivity index (χ2n) is 4.67. The van der Waals surface area contributed by atoms with E-state index in [1.807, 2.05) is 19.1 Å². The molecule has 2 rings (SSSR count). The van der Waals surface area contributed by atoms with Crippen LogP contribution in [0.15, 0.2) is 46.9 Å². The predicted molar refractivity (Wildman–Crippen MR) is 84.0 cm³/mol. The van der Waals surface area contributed by atoms with Crippen LogP contribution in [0.3, 0.4) is 0 Å². The van der Waals surface area contributed by atoms with Gasteiger partial charge in [-0.15, -0.1) is 0 Å². The summed E-state index contributed by atoms with van der Waals surface area (Å²) in [4.78, 5) is 12.1. The molecule has 0 radical (unpaired) electrons. The summed E-state index contributed by atoms with van der Waals surface area (Å²) >= 11 is 3.41. The van der Waals surface area contributed by atoms with E-state index >= 15 is 0 Å². The fourth-order valence-corrected chi connectivity index (χ4v) is 1.98. The maximum absolute atomic E-state index is 12.8. The van der Waals surface area contributed by atoms with Gasteiger partial charge in [-0.3, -0.25) is 4.79 Å². The standard InChI is InChI=1S/C16H15BrFNO2/c1-10-9-13(5-8-15(10)17)19-16(20)11(2)21-14-6-3-12(18)4-7-14/h3-9,11H,1-2H3,(H,19,20)/t11-/m1/s1. The molecule has 1 amide bonds. The summed E-state index contributed by atoms with van der Waals surface area (Å²) in [6.07, 6.45) is -0.681. The molecule has 0 aliphatic heterocycles. The normalized spacial score (nSPS) is 11.8. The largest absolute Gasteiger partial charge is 0.481 e. The first-order valence-corrected chi connectivity index (χ1v) is 7.24. The highest BCUT2D eigenvalue weighted by atomic mass is 79.9. The van der Waals surface area contributed by atoms with Crippen molar-refractivity contribution in [1.82, 2.24) is 0 Å². The molecule has 0 saturated heterocycles. The first kappa shape index (κ1) is 15.5. The van der Waals surface area contributed by atoms with E-state index in [9.17, 15) is 9.18 Å². The zero-order chi connectivity index (χ0) is 15.4. The Morgan fingerprint density at radius 1 is 1.24 bits per heavy atom. The average molecular weight is 352 g/mol. The van der Waals surface area contributed by atoms with Gasteiger partial charge in [-0.2, -0.15) is 0 Å². The van der Waals surface area contributed by atoms with Gasteiger partial charge in [0.05, 0.1) is 0 Å². The van der Waals surface area contributed by atoms with Crippen LogP contribution in [-0.2, 0) is 4.79 Å². The van der Waals surface area contributed by atoms with Crippen LogP contribution < -0.4 is 10.1 Å². The fourth-order valence-electron chi connectivity index (χ4n) is 1.74. The van der Waals surface area contributed by atoms with Gasteiger partial charge in [-0.05, 0) is 61.9 Å². The number of aryl methyl sites for hydroxylation is 1. The van der Waals surface area contributed by atoms with Crippen molar-refractivity contribution < 1.29 is 13.9 Å². The summed E-state index contributed by atoms with van der Waals surface area (Å²) in [7, 11) is 0. The smallest absolute Gasteiger partial charge is 0.265 e. The second kappa shape index (κ2) is 6.72. The highest BCUT2D eigenvalue weighted by Crippen LogP contribution is 2.20. The van der Waals surface area contributed by atoms with Crippen molar-refractivity contribution in [3.8, 4) is 5.75 Å². The lowest BCUT2D eigenvalue weighted by atomic mass is 10.2. The highest BCUT2D eigenvalue weighted by Gasteiger charge is 2.15. The summed E-state index contributed by atoms with van der Waals surface area (Å²) in [5.74, 6) is -0.156. The molecular weight excluding hydrogens is 337 g/mol. The van der Waals surface area contributed by atoms with E-state index in [0.717, 1.165) is 10.0 Å². The molecule has 0 unspecified atom stereocenters. The van der Waals surface area contributed by atoms with Crippen LogP contribution in [0.1, 0.15) is 12.5 Å². The molecule has 0 saturated carbocycles. The molecule has 0 heterocycles. The van der Waals surface area contributed by atoms with Gasteiger partial charge >= 0.3 is 0 Å². The monoisotopic (exact) mass is 351 g/mol. The number of carbonyl (C=O) groups excluding carboxylic acids is 1. The van der Waals surface area contributed by atoms with Crippen LogP contribution in [0, 0.1) is 12.7 Å². The van der Waals surface area contributed by atoms with Crippen LogP contribution in [-0.4, -0.2) is 12.0 Å². The molecule has 0 aliphatic carbocycles. The molecule has 2 aromatic rings. The molecule has 2 aromatic carbocycles. The number of rotatable bonds is 4. The van der Waals surface area contributed by atoms with Gasteiger partial charge in [0.15, 0.2) is 6.10 Å². The van der Waals surface area contributed by atoms with Crippen molar-refractivity contribution in [2.45, 2.75) is 20.0 Å². The lowest BCUT2D eigenvalue weighted by molar-refractivity contribution is -0.122. The molecule has 0 aliphatic rings. The van der Waals surface area contributed by atoms with Crippen molar-refractivity contribution in [1.29, 1.82) is 0 Å². The lowest BCUT2D eigenvalue weighted by Gasteiger charge is -2.15. The summed E-state index contributed by atoms with van der Waals surface area (Å²) in [5.41, 5.74) is 1.73. The van der Waals surface area contributed by atoms with E-state index in [0.29, 0.717) is 11.4 Å². The minimum Gasteiger partial charge on any atom is -0.481 e. The third kappa shape index (κ3) is 4.29. The van der Waals surface area contributed by atoms with Crippen LogP contribution in [0.5, 0.6) is 5.75 Å². The Morgan fingerprint density at radius 2 is 1.90 bits per heavy atom. The minimum atomic E-state index is -0.681. The van der Waals surface area contributed by atoms with Gasteiger partial charge in [0.1, 0.15) is 11.6 Å². The molecule has 110 valence electrons. The number of ether oxygens (including phenoxy) is 1. The Labute approximate surface area is 131 Å². The van der Waals surface area contributed by atoms with Crippen molar-refractivity contribution >= 4 is 27.5 Å². The first-order chi connectivity index (χ1) is 9.95. The average Bonchev–Trinajstić information content (AvgIpc) is 2.45. The van der Waals surface area contributed by atoms with Crippen LogP contribution in [0.25, 0.3) is 0 Å². The Morgan fingerprint density at radius 3 is 2.52 bits per heavy atom. The van der Waals surface area contributed by atoms with Gasteiger partial charge in [-0.25, -0.2) is 4.39 Å². The number of amides is 1. The Balaban J connectivity index is 1.98. The molecule has 0 fully saturated rings. The number of hydrogen-bond donors (Lipinski definition) is 1. The highest BCUT2D eigenvalue weighted by molar-refractivity contribution is 9.10. The first-order valence-electron chi connectivity index (χ1n) is 6.45. The number of benzene rings is 2. The van der Waals surface area contributed by atoms with Crippen molar-refractivity contribution in [3.05, 3.63) is 58.3 Å². The summed E-state index contributed by atoms with van der Waals surface area (Å²) in [6.45, 7) is 3.59. The number of hydrogen-bond acceptors (Lipinski definition) is 2. The van der Waals surface area contributed by atoms with E-state index in [1.165, 1.54) is 24.3 Å². The molecule has 21 heavy (non-hydrogen) atoms. The number of halogens is 2. The zero-order valence-electron chi connectivity index (χ0n) is 11.7. The maximum Gasteiger partial charge on any atom is 0.265 e. The summed E-state index contributed by atoms with van der Waals surface area (Å²) < 4.78 is 19.3. The molecule has 0 spiro atoms. The molecule has 1 atom stereocenters. The van der Waals surface area contributed by atoms with E-state index in [1.54, 1.807) is 13.0 Å². The van der Waals surface area contributed by atoms with E-state index in [2.05, 4.69) is 21.2 Å². The Hall–Kier alpha value is -1.88. The van der Waals surface area contributed by atoms with Crippen LogP contribution in [0.4, 0.5) is 10.1 Å². The molecule has 3 nitrogen and oxygen atoms in total. The Bertz CT molecular complexity index is 643. The molecular formula is C16H15BrFNO2. The SMILES string of the molecule is Cc1cc(NC(=O)[C@@H](C)Oc2ccc(F)cc2)ccc1Br. The minimum absolute atomic E-state index is 0.263. The second-order valence-corrected chi connectivity index (χ2v) is 5.52. The molecule has 0 bridgehead atoms. The van der Waals surface area contributed by atoms with Crippen LogP contribution >= 0.6 is 15.9 Å². The third-order valence-corrected chi connectivity index (χ3v) is 3.81. The van der Waals surface area contributed by atoms with Crippen molar-refractivity contribution in [2.24, 2.45) is 0 Å². The summed E-state index contributed by atoms with van der Waals surface area (Å²) in [5, 5.41) is 2.78. The third-order valence-electron chi connectivity index (χ3n) is 2.92. The summed E-state index contributed by atoms with van der Waals surface area (Å²) in [6, 6.07) is 11.1. The fraction of sp³-hybridized carbons (Fsp3) is 0.188. The van der Waals surface area contributed by atoms with E-state index < -0.39 is 6.10 Å². The number of carbonyl (C=O) groups is 1. The van der Waals surface area contributed by atoms with Gasteiger partial charge < -0.3 is 10.1 Å². The van der Waals surface area contributed by atoms with Gasteiger partial charge in [-0.1, -0.05) is 15.9 Å². The topological polar surface area (TPSA) is 38.3 Å². The predicted octanol–water partition coefficient (Wildman–Crippen LogP) is 4.30. The lowest BCUT2D eigenvalue weighted by Crippen LogP contribution is -2.30. The van der Waals surface area contributed by atoms with Crippen molar-refractivity contribution in [2.75, 3.05) is 5.32 Å². The molecule has 1 N–H and O–H groups in total. The maximum atomic E-state index is 12.8. The van der Waals surface area contributed by atoms with E-state index in [-0.39, 0.29) is 11.7 Å². The molecule has 0 aromatic heterocycles. The number of anilines is 1. The van der Waals surface area contributed by atoms with Crippen LogP contribution in [0.2, 0.25) is 0 Å². The Kier molecular flexibility index (Phi) is 4.96. The van der Waals surface area contributed by atoms with Gasteiger partial charge in [0.25, 0.3) is 5.91 Å². The van der Waals surface area contributed by atoms with Crippen molar-refractivity contribution in [3.63, 3.8) is 0 Å². The quantitative estimate of drug-likeness (QED) is 0.891. The number of nitrogens with one attached hydrogen (secondary N) is 1. The van der Waals surface area contributed by atoms with Gasteiger partial charge in [0.2, 0.25) is 0 Å². The van der Waals surface area contributed by atoms with Gasteiger partial charge in [0, 0.05) is 10.2 Å². The van der Waals surface area contributed by atoms with E-state index in [4.69, 9.17) is 4.74 Å². The zero-order valence-corrected chi connectivity index (χ0v) is 13.3. The molecule has 5 heteroatoms.